The maximum absolute atomic E-state index is 13.6. The Balaban J connectivity index is 1.19. The molecule has 3 aromatic heterocycles. The predicted octanol–water partition coefficient (Wildman–Crippen LogP) is 3.70. The summed E-state index contributed by atoms with van der Waals surface area (Å²) in [7, 11) is 0. The Morgan fingerprint density at radius 1 is 1.11 bits per heavy atom. The quantitative estimate of drug-likeness (QED) is 0.371. The van der Waals surface area contributed by atoms with Gasteiger partial charge in [0.15, 0.2) is 16.6 Å². The number of pyridine rings is 1. The van der Waals surface area contributed by atoms with Crippen molar-refractivity contribution in [1.82, 2.24) is 30.1 Å². The summed E-state index contributed by atoms with van der Waals surface area (Å²) in [6.07, 6.45) is -1.07. The van der Waals surface area contributed by atoms with Gasteiger partial charge in [-0.05, 0) is 67.0 Å². The summed E-state index contributed by atoms with van der Waals surface area (Å²) in [5.41, 5.74) is 0.791. The minimum absolute atomic E-state index is 0.0375. The van der Waals surface area contributed by atoms with E-state index in [9.17, 15) is 18.0 Å². The topological polar surface area (TPSA) is 97.5 Å². The van der Waals surface area contributed by atoms with Crippen molar-refractivity contribution in [1.29, 1.82) is 0 Å². The van der Waals surface area contributed by atoms with Gasteiger partial charge in [-0.25, -0.2) is 4.90 Å². The van der Waals surface area contributed by atoms with Gasteiger partial charge in [-0.2, -0.15) is 17.7 Å². The van der Waals surface area contributed by atoms with Crippen molar-refractivity contribution >= 4 is 34.7 Å². The summed E-state index contributed by atoms with van der Waals surface area (Å²) in [6, 6.07) is 16.0. The third-order valence-electron chi connectivity index (χ3n) is 6.91. The van der Waals surface area contributed by atoms with Crippen LogP contribution < -0.4 is 15.0 Å². The first-order chi connectivity index (χ1) is 18.3. The highest BCUT2D eigenvalue weighted by Crippen LogP contribution is 2.50. The van der Waals surface area contributed by atoms with Gasteiger partial charge in [-0.3, -0.25) is 9.78 Å². The minimum atomic E-state index is -4.76. The number of ether oxygens (including phenoxy) is 1. The maximum atomic E-state index is 13.6. The van der Waals surface area contributed by atoms with Crippen LogP contribution in [0.2, 0.25) is 0 Å². The summed E-state index contributed by atoms with van der Waals surface area (Å²) in [6.45, 7) is 0.479. The number of carbonyl (C=O) groups excluding carboxylic acids is 1. The molecule has 194 valence electrons. The maximum Gasteiger partial charge on any atom is 0.453 e. The monoisotopic (exact) mass is 539 g/mol. The van der Waals surface area contributed by atoms with Crippen molar-refractivity contribution in [2.24, 2.45) is 0 Å². The van der Waals surface area contributed by atoms with E-state index in [2.05, 4.69) is 25.6 Å². The molecule has 1 aromatic carbocycles. The molecule has 0 bridgehead atoms. The Labute approximate surface area is 219 Å². The Hall–Kier alpha value is -4.13. The lowest BCUT2D eigenvalue weighted by molar-refractivity contribution is -0.146. The molecule has 2 atom stereocenters. The first-order valence-corrected chi connectivity index (χ1v) is 12.3. The summed E-state index contributed by atoms with van der Waals surface area (Å²) >= 11 is 5.44. The van der Waals surface area contributed by atoms with Crippen molar-refractivity contribution in [2.45, 2.75) is 36.9 Å². The van der Waals surface area contributed by atoms with E-state index < -0.39 is 17.5 Å². The normalized spacial score (nSPS) is 21.1. The number of halogens is 3. The molecule has 0 radical (unpaired) electrons. The molecule has 1 saturated carbocycles. The number of hydrogen-bond acceptors (Lipinski definition) is 7. The van der Waals surface area contributed by atoms with Gasteiger partial charge in [0.2, 0.25) is 0 Å². The molecule has 13 heteroatoms. The van der Waals surface area contributed by atoms with Crippen molar-refractivity contribution < 1.29 is 22.7 Å². The predicted molar refractivity (Wildman–Crippen MR) is 134 cm³/mol. The van der Waals surface area contributed by atoms with E-state index in [-0.39, 0.29) is 28.4 Å². The lowest BCUT2D eigenvalue weighted by Gasteiger charge is -2.45. The lowest BCUT2D eigenvalue weighted by Crippen LogP contribution is -2.58. The second-order valence-corrected chi connectivity index (χ2v) is 9.49. The van der Waals surface area contributed by atoms with Gasteiger partial charge < -0.3 is 10.1 Å². The van der Waals surface area contributed by atoms with Crippen molar-refractivity contribution in [3.05, 3.63) is 77.9 Å². The Morgan fingerprint density at radius 2 is 1.92 bits per heavy atom. The van der Waals surface area contributed by atoms with Crippen LogP contribution in [0.5, 0.6) is 5.75 Å². The largest absolute Gasteiger partial charge is 0.493 e. The van der Waals surface area contributed by atoms with E-state index in [1.165, 1.54) is 12.1 Å². The second-order valence-electron chi connectivity index (χ2n) is 9.10. The number of anilines is 1. The second kappa shape index (κ2) is 9.01. The molecule has 4 aromatic rings. The number of nitrogens with one attached hydrogen (secondary N) is 1. The number of fused-ring (bicyclic) bond motifs is 1. The summed E-state index contributed by atoms with van der Waals surface area (Å²) in [4.78, 5) is 19.1. The zero-order valence-electron chi connectivity index (χ0n) is 19.7. The van der Waals surface area contributed by atoms with Crippen LogP contribution in [0.4, 0.5) is 19.0 Å². The third-order valence-corrected chi connectivity index (χ3v) is 7.19. The zero-order chi connectivity index (χ0) is 26.5. The molecule has 2 fully saturated rings. The molecule has 2 unspecified atom stereocenters. The average molecular weight is 540 g/mol. The Kier molecular flexibility index (Phi) is 5.74. The minimum Gasteiger partial charge on any atom is -0.493 e. The van der Waals surface area contributed by atoms with Crippen molar-refractivity contribution in [3.63, 3.8) is 0 Å². The number of hydrogen-bond donors (Lipinski definition) is 1. The number of thiocarbonyl (C=S) groups is 1. The van der Waals surface area contributed by atoms with Crippen LogP contribution in [0.15, 0.2) is 60.8 Å². The smallest absolute Gasteiger partial charge is 0.453 e. The number of aromatic nitrogens is 5. The fourth-order valence-corrected chi connectivity index (χ4v) is 5.28. The number of amides is 1. The van der Waals surface area contributed by atoms with Crippen molar-refractivity contribution in [2.75, 3.05) is 11.5 Å². The molecule has 38 heavy (non-hydrogen) atoms. The highest BCUT2D eigenvalue weighted by molar-refractivity contribution is 7.80. The van der Waals surface area contributed by atoms with E-state index >= 15 is 0 Å². The fourth-order valence-electron chi connectivity index (χ4n) is 4.93. The van der Waals surface area contributed by atoms with Gasteiger partial charge in [0.1, 0.15) is 11.3 Å². The molecule has 4 heterocycles. The first kappa shape index (κ1) is 24.2. The molecule has 9 nitrogen and oxygen atoms in total. The Morgan fingerprint density at radius 3 is 2.61 bits per heavy atom. The van der Waals surface area contributed by atoms with Crippen LogP contribution in [-0.4, -0.2) is 48.0 Å². The van der Waals surface area contributed by atoms with Crippen LogP contribution in [0.1, 0.15) is 35.8 Å². The summed E-state index contributed by atoms with van der Waals surface area (Å²) < 4.78 is 46.4. The summed E-state index contributed by atoms with van der Waals surface area (Å²) in [5.74, 6) is -1.15. The van der Waals surface area contributed by atoms with Crippen LogP contribution in [0.3, 0.4) is 0 Å². The standard InChI is InChI=1S/C25H20F3N7O2S/c26-25(27,28)21-32-31-19-8-9-20(33-35(19)21)34-22(36)24(30-23(34)38)12-10-18(24)15-4-6-17(7-5-15)37-14-11-16-3-1-2-13-29-16/h1-9,13,18H,10-12,14H2,(H,30,38). The Bertz CT molecular complexity index is 1530. The van der Waals surface area contributed by atoms with Gasteiger partial charge in [0.05, 0.1) is 6.61 Å². The number of benzene rings is 1. The number of alkyl halides is 3. The van der Waals surface area contributed by atoms with Crippen LogP contribution in [0.25, 0.3) is 5.65 Å². The van der Waals surface area contributed by atoms with E-state index in [1.807, 2.05) is 42.5 Å². The molecule has 1 aliphatic carbocycles. The van der Waals surface area contributed by atoms with Gasteiger partial charge in [-0.1, -0.05) is 18.2 Å². The average Bonchev–Trinajstić information content (AvgIpc) is 3.44. The number of nitrogens with zero attached hydrogens (tertiary/aromatic N) is 6. The molecule has 2 aliphatic rings. The number of rotatable bonds is 6. The van der Waals surface area contributed by atoms with E-state index in [0.717, 1.165) is 22.6 Å². The van der Waals surface area contributed by atoms with Gasteiger partial charge in [0, 0.05) is 24.2 Å². The van der Waals surface area contributed by atoms with Crippen LogP contribution in [-0.2, 0) is 17.4 Å². The molecule has 1 saturated heterocycles. The zero-order valence-corrected chi connectivity index (χ0v) is 20.5. The van der Waals surface area contributed by atoms with Crippen LogP contribution >= 0.6 is 12.2 Å². The van der Waals surface area contributed by atoms with E-state index in [1.54, 1.807) is 6.20 Å². The van der Waals surface area contributed by atoms with E-state index in [0.29, 0.717) is 29.7 Å². The number of carbonyl (C=O) groups is 1. The first-order valence-electron chi connectivity index (χ1n) is 11.9. The SMILES string of the molecule is O=C1N(c2ccc3nnc(C(F)(F)F)n3n2)C(=S)NC12CCC2c1ccc(OCCc2ccccn2)cc1. The van der Waals surface area contributed by atoms with Gasteiger partial charge in [-0.15, -0.1) is 15.3 Å². The molecule has 1 spiro atoms. The molecule has 6 rings (SSSR count). The molecule has 1 aliphatic heterocycles. The molecule has 1 N–H and O–H groups in total. The van der Waals surface area contributed by atoms with Crippen LogP contribution in [0, 0.1) is 0 Å². The third kappa shape index (κ3) is 4.02. The molecule has 1 amide bonds. The fraction of sp³-hybridized carbons (Fsp3) is 0.280. The highest BCUT2D eigenvalue weighted by Gasteiger charge is 2.60. The molecular formula is C25H20F3N7O2S. The molecular weight excluding hydrogens is 519 g/mol. The lowest BCUT2D eigenvalue weighted by atomic mass is 9.63. The van der Waals surface area contributed by atoms with Gasteiger partial charge in [0.25, 0.3) is 11.7 Å². The van der Waals surface area contributed by atoms with E-state index in [4.69, 9.17) is 17.0 Å². The highest BCUT2D eigenvalue weighted by atomic mass is 32.1. The summed E-state index contributed by atoms with van der Waals surface area (Å²) in [5, 5.41) is 13.9. The van der Waals surface area contributed by atoms with Gasteiger partial charge >= 0.3 is 6.18 Å². The van der Waals surface area contributed by atoms with Crippen molar-refractivity contribution in [3.8, 4) is 5.75 Å².